The van der Waals surface area contributed by atoms with Crippen molar-refractivity contribution in [2.24, 2.45) is 5.73 Å². The smallest absolute Gasteiger partial charge is 0.0738 e. The molecule has 0 radical (unpaired) electrons. The first kappa shape index (κ1) is 13.3. The second kappa shape index (κ2) is 4.52. The molecule has 2 nitrogen and oxygen atoms in total. The second-order valence-electron chi connectivity index (χ2n) is 5.74. The highest BCUT2D eigenvalue weighted by atomic mass is 35.5. The van der Waals surface area contributed by atoms with Gasteiger partial charge in [0, 0.05) is 28.1 Å². The van der Waals surface area contributed by atoms with Gasteiger partial charge in [0.1, 0.15) is 0 Å². The van der Waals surface area contributed by atoms with Crippen LogP contribution in [0.25, 0.3) is 10.9 Å². The van der Waals surface area contributed by atoms with E-state index in [-0.39, 0.29) is 5.41 Å². The monoisotopic (exact) mass is 262 g/mol. The van der Waals surface area contributed by atoms with E-state index in [4.69, 9.17) is 22.3 Å². The summed E-state index contributed by atoms with van der Waals surface area (Å²) in [5.41, 5.74) is 10.2. The van der Waals surface area contributed by atoms with Gasteiger partial charge in [-0.15, -0.1) is 0 Å². The quantitative estimate of drug-likeness (QED) is 0.845. The molecular formula is C15H19ClN2. The van der Waals surface area contributed by atoms with E-state index in [0.717, 1.165) is 32.7 Å². The summed E-state index contributed by atoms with van der Waals surface area (Å²) < 4.78 is 0. The Bertz CT molecular complexity index is 597. The van der Waals surface area contributed by atoms with Crippen LogP contribution in [0.15, 0.2) is 18.2 Å². The molecule has 0 bridgehead atoms. The van der Waals surface area contributed by atoms with Crippen LogP contribution in [-0.4, -0.2) is 4.98 Å². The predicted octanol–water partition coefficient (Wildman–Crippen LogP) is 3.95. The highest BCUT2D eigenvalue weighted by Gasteiger charge is 2.18. The molecular weight excluding hydrogens is 244 g/mol. The summed E-state index contributed by atoms with van der Waals surface area (Å²) in [6, 6.07) is 5.99. The number of hydrogen-bond donors (Lipinski definition) is 1. The first-order valence-electron chi connectivity index (χ1n) is 6.13. The maximum atomic E-state index is 6.11. The lowest BCUT2D eigenvalue weighted by atomic mass is 9.89. The molecule has 0 aliphatic heterocycles. The van der Waals surface area contributed by atoms with Crippen molar-refractivity contribution in [1.29, 1.82) is 0 Å². The van der Waals surface area contributed by atoms with E-state index >= 15 is 0 Å². The van der Waals surface area contributed by atoms with Crippen LogP contribution in [-0.2, 0) is 12.0 Å². The van der Waals surface area contributed by atoms with E-state index in [1.165, 1.54) is 0 Å². The maximum Gasteiger partial charge on any atom is 0.0738 e. The SMILES string of the molecule is Cc1cc(Cl)cc2c(CN)cc(C(C)(C)C)nc12. The molecule has 2 N–H and O–H groups in total. The number of pyridine rings is 1. The van der Waals surface area contributed by atoms with Crippen LogP contribution in [0.2, 0.25) is 5.02 Å². The molecule has 2 rings (SSSR count). The van der Waals surface area contributed by atoms with Crippen molar-refractivity contribution in [1.82, 2.24) is 4.98 Å². The minimum absolute atomic E-state index is 0.0180. The van der Waals surface area contributed by atoms with E-state index in [2.05, 4.69) is 26.8 Å². The van der Waals surface area contributed by atoms with Crippen LogP contribution in [0.3, 0.4) is 0 Å². The molecule has 0 unspecified atom stereocenters. The van der Waals surface area contributed by atoms with Crippen molar-refractivity contribution >= 4 is 22.5 Å². The van der Waals surface area contributed by atoms with Crippen LogP contribution in [0, 0.1) is 6.92 Å². The third kappa shape index (κ3) is 2.36. The molecule has 1 aromatic heterocycles. The van der Waals surface area contributed by atoms with Crippen molar-refractivity contribution in [3.8, 4) is 0 Å². The number of hydrogen-bond acceptors (Lipinski definition) is 2. The largest absolute Gasteiger partial charge is 0.326 e. The van der Waals surface area contributed by atoms with E-state index in [0.29, 0.717) is 6.54 Å². The Morgan fingerprint density at radius 3 is 2.44 bits per heavy atom. The molecule has 1 heterocycles. The lowest BCUT2D eigenvalue weighted by Crippen LogP contribution is -2.15. The molecule has 0 spiro atoms. The summed E-state index contributed by atoms with van der Waals surface area (Å²) >= 11 is 6.11. The van der Waals surface area contributed by atoms with E-state index in [9.17, 15) is 0 Å². The Hall–Kier alpha value is -1.12. The third-order valence-corrected chi connectivity index (χ3v) is 3.36. The molecule has 96 valence electrons. The van der Waals surface area contributed by atoms with Gasteiger partial charge in [0.25, 0.3) is 0 Å². The summed E-state index contributed by atoms with van der Waals surface area (Å²) in [6.45, 7) is 9.02. The molecule has 0 aliphatic rings. The first-order valence-corrected chi connectivity index (χ1v) is 6.51. The highest BCUT2D eigenvalue weighted by Crippen LogP contribution is 2.29. The average molecular weight is 263 g/mol. The normalized spacial score (nSPS) is 12.1. The van der Waals surface area contributed by atoms with Crippen molar-refractivity contribution in [2.75, 3.05) is 0 Å². The van der Waals surface area contributed by atoms with Gasteiger partial charge in [-0.05, 0) is 36.2 Å². The topological polar surface area (TPSA) is 38.9 Å². The Kier molecular flexibility index (Phi) is 3.35. The number of rotatable bonds is 1. The molecule has 2 aromatic rings. The Morgan fingerprint density at radius 2 is 1.89 bits per heavy atom. The van der Waals surface area contributed by atoms with Gasteiger partial charge in [-0.1, -0.05) is 32.4 Å². The number of nitrogens with two attached hydrogens (primary N) is 1. The average Bonchev–Trinajstić information content (AvgIpc) is 2.26. The van der Waals surface area contributed by atoms with Crippen LogP contribution >= 0.6 is 11.6 Å². The fraction of sp³-hybridized carbons (Fsp3) is 0.400. The van der Waals surface area contributed by atoms with Gasteiger partial charge in [0.15, 0.2) is 0 Å². The minimum atomic E-state index is 0.0180. The van der Waals surface area contributed by atoms with Crippen molar-refractivity contribution < 1.29 is 0 Å². The summed E-state index contributed by atoms with van der Waals surface area (Å²) in [6.07, 6.45) is 0. The summed E-state index contributed by atoms with van der Waals surface area (Å²) in [5, 5.41) is 1.80. The highest BCUT2D eigenvalue weighted by molar-refractivity contribution is 6.31. The Balaban J connectivity index is 2.84. The van der Waals surface area contributed by atoms with Gasteiger partial charge in [-0.25, -0.2) is 0 Å². The van der Waals surface area contributed by atoms with E-state index in [1.54, 1.807) is 0 Å². The van der Waals surface area contributed by atoms with E-state index in [1.807, 2.05) is 19.1 Å². The van der Waals surface area contributed by atoms with Crippen molar-refractivity contribution in [2.45, 2.75) is 39.7 Å². The lowest BCUT2D eigenvalue weighted by molar-refractivity contribution is 0.570. The molecule has 0 fully saturated rings. The molecule has 1 aromatic carbocycles. The molecule has 0 aliphatic carbocycles. The Morgan fingerprint density at radius 1 is 1.22 bits per heavy atom. The zero-order valence-corrected chi connectivity index (χ0v) is 12.1. The molecule has 18 heavy (non-hydrogen) atoms. The van der Waals surface area contributed by atoms with Gasteiger partial charge in [-0.2, -0.15) is 0 Å². The summed E-state index contributed by atoms with van der Waals surface area (Å²) in [7, 11) is 0. The zero-order valence-electron chi connectivity index (χ0n) is 11.3. The predicted molar refractivity (Wildman–Crippen MR) is 78.1 cm³/mol. The molecule has 0 saturated carbocycles. The Labute approximate surface area is 113 Å². The number of aromatic nitrogens is 1. The number of fused-ring (bicyclic) bond motifs is 1. The van der Waals surface area contributed by atoms with Gasteiger partial charge in [0.2, 0.25) is 0 Å². The van der Waals surface area contributed by atoms with Crippen LogP contribution < -0.4 is 5.73 Å². The van der Waals surface area contributed by atoms with Gasteiger partial charge < -0.3 is 5.73 Å². The van der Waals surface area contributed by atoms with E-state index < -0.39 is 0 Å². The number of benzene rings is 1. The van der Waals surface area contributed by atoms with Crippen LogP contribution in [0.4, 0.5) is 0 Å². The van der Waals surface area contributed by atoms with Gasteiger partial charge in [0.05, 0.1) is 5.52 Å². The molecule has 0 atom stereocenters. The maximum absolute atomic E-state index is 6.11. The second-order valence-corrected chi connectivity index (χ2v) is 6.18. The molecule has 0 amide bonds. The fourth-order valence-corrected chi connectivity index (χ4v) is 2.35. The number of aryl methyl sites for hydroxylation is 1. The van der Waals surface area contributed by atoms with Crippen molar-refractivity contribution in [3.05, 3.63) is 40.0 Å². The minimum Gasteiger partial charge on any atom is -0.326 e. The molecule has 0 saturated heterocycles. The van der Waals surface area contributed by atoms with Crippen molar-refractivity contribution in [3.63, 3.8) is 0 Å². The number of halogens is 1. The summed E-state index contributed by atoms with van der Waals surface area (Å²) in [4.78, 5) is 4.78. The summed E-state index contributed by atoms with van der Waals surface area (Å²) in [5.74, 6) is 0. The fourth-order valence-electron chi connectivity index (χ4n) is 2.08. The third-order valence-electron chi connectivity index (χ3n) is 3.14. The first-order chi connectivity index (χ1) is 8.32. The van der Waals surface area contributed by atoms with Crippen LogP contribution in [0.1, 0.15) is 37.6 Å². The molecule has 3 heteroatoms. The number of nitrogens with zero attached hydrogens (tertiary/aromatic N) is 1. The lowest BCUT2D eigenvalue weighted by Gasteiger charge is -2.20. The van der Waals surface area contributed by atoms with Gasteiger partial charge in [-0.3, -0.25) is 4.98 Å². The standard InChI is InChI=1S/C15H19ClN2/c1-9-5-11(16)7-12-10(8-17)6-13(15(2,3)4)18-14(9)12/h5-7H,8,17H2,1-4H3. The zero-order chi connectivity index (χ0) is 13.5. The van der Waals surface area contributed by atoms with Crippen LogP contribution in [0.5, 0.6) is 0 Å². The van der Waals surface area contributed by atoms with Gasteiger partial charge >= 0.3 is 0 Å².